The summed E-state index contributed by atoms with van der Waals surface area (Å²) in [7, 11) is 1.73. The largest absolute Gasteiger partial charge is 0.383 e. The molecule has 1 aliphatic heterocycles. The number of hydrogen-bond acceptors (Lipinski definition) is 4. The lowest BCUT2D eigenvalue weighted by Crippen LogP contribution is -2.46. The van der Waals surface area contributed by atoms with Crippen LogP contribution in [-0.2, 0) is 4.74 Å². The molecular weight excluding hydrogens is 336 g/mol. The van der Waals surface area contributed by atoms with Crippen LogP contribution in [0.1, 0.15) is 23.8 Å². The molecule has 0 saturated carbocycles. The molecule has 2 rings (SSSR count). The first-order chi connectivity index (χ1) is 8.63. The highest BCUT2D eigenvalue weighted by atomic mass is 79.9. The highest BCUT2D eigenvalue weighted by Gasteiger charge is 2.31. The molecule has 0 spiro atoms. The molecule has 3 nitrogen and oxygen atoms in total. The summed E-state index contributed by atoms with van der Waals surface area (Å²) in [4.78, 5) is 3.65. The van der Waals surface area contributed by atoms with Crippen LogP contribution >= 0.6 is 38.9 Å². The first-order valence-electron chi connectivity index (χ1n) is 6.06. The van der Waals surface area contributed by atoms with E-state index >= 15 is 0 Å². The molecule has 18 heavy (non-hydrogen) atoms. The van der Waals surface area contributed by atoms with Crippen LogP contribution in [0.2, 0.25) is 4.34 Å². The molecule has 2 N–H and O–H groups in total. The Bertz CT molecular complexity index is 382. The number of likely N-dealkylation sites (tertiary alicyclic amines) is 1. The molecular formula is C12H18BrClN2OS. The second kappa shape index (κ2) is 6.68. The van der Waals surface area contributed by atoms with Crippen molar-refractivity contribution in [3.8, 4) is 0 Å². The number of thiophene rings is 1. The van der Waals surface area contributed by atoms with E-state index in [9.17, 15) is 0 Å². The average Bonchev–Trinajstić information content (AvgIpc) is 2.66. The monoisotopic (exact) mass is 352 g/mol. The summed E-state index contributed by atoms with van der Waals surface area (Å²) in [5.74, 6) is 0. The van der Waals surface area contributed by atoms with Crippen LogP contribution in [-0.4, -0.2) is 37.7 Å². The maximum atomic E-state index is 6.30. The number of hydrogen-bond donors (Lipinski definition) is 1. The molecule has 2 heterocycles. The van der Waals surface area contributed by atoms with Gasteiger partial charge in [-0.3, -0.25) is 4.90 Å². The van der Waals surface area contributed by atoms with Crippen LogP contribution in [0.4, 0.5) is 0 Å². The number of ether oxygens (including phenoxy) is 1. The Hall–Kier alpha value is 0.350. The van der Waals surface area contributed by atoms with Gasteiger partial charge >= 0.3 is 0 Å². The fourth-order valence-corrected chi connectivity index (χ4v) is 4.40. The predicted molar refractivity (Wildman–Crippen MR) is 80.4 cm³/mol. The highest BCUT2D eigenvalue weighted by molar-refractivity contribution is 9.10. The van der Waals surface area contributed by atoms with E-state index in [4.69, 9.17) is 22.1 Å². The fraction of sp³-hybridized carbons (Fsp3) is 0.667. The highest BCUT2D eigenvalue weighted by Crippen LogP contribution is 2.40. The zero-order chi connectivity index (χ0) is 13.1. The van der Waals surface area contributed by atoms with Gasteiger partial charge in [-0.1, -0.05) is 11.6 Å². The fourth-order valence-electron chi connectivity index (χ4n) is 2.46. The van der Waals surface area contributed by atoms with E-state index < -0.39 is 0 Å². The summed E-state index contributed by atoms with van der Waals surface area (Å²) in [6.07, 6.45) is 2.23. The van der Waals surface area contributed by atoms with Gasteiger partial charge in [-0.15, -0.1) is 11.3 Å². The van der Waals surface area contributed by atoms with Gasteiger partial charge in [0.15, 0.2) is 0 Å². The molecule has 1 fully saturated rings. The maximum Gasteiger partial charge on any atom is 0.107 e. The third kappa shape index (κ3) is 3.26. The number of rotatable bonds is 4. The van der Waals surface area contributed by atoms with Gasteiger partial charge in [0.05, 0.1) is 12.6 Å². The van der Waals surface area contributed by atoms with E-state index in [-0.39, 0.29) is 12.1 Å². The van der Waals surface area contributed by atoms with Gasteiger partial charge in [0.25, 0.3) is 0 Å². The first kappa shape index (κ1) is 14.8. The second-order valence-electron chi connectivity index (χ2n) is 4.55. The van der Waals surface area contributed by atoms with Crippen LogP contribution in [0.3, 0.4) is 0 Å². The summed E-state index contributed by atoms with van der Waals surface area (Å²) < 4.78 is 6.95. The Balaban J connectivity index is 2.18. The molecule has 1 saturated heterocycles. The lowest BCUT2D eigenvalue weighted by atomic mass is 9.96. The summed E-state index contributed by atoms with van der Waals surface area (Å²) in [6, 6.07) is 2.54. The summed E-state index contributed by atoms with van der Waals surface area (Å²) in [6.45, 7) is 2.74. The minimum atomic E-state index is 0.178. The quantitative estimate of drug-likeness (QED) is 0.903. The summed E-state index contributed by atoms with van der Waals surface area (Å²) >= 11 is 11.2. The van der Waals surface area contributed by atoms with Gasteiger partial charge in [-0.2, -0.15) is 0 Å². The third-order valence-electron chi connectivity index (χ3n) is 3.32. The lowest BCUT2D eigenvalue weighted by Gasteiger charge is -2.39. The van der Waals surface area contributed by atoms with Crippen molar-refractivity contribution < 1.29 is 4.74 Å². The molecule has 0 amide bonds. The van der Waals surface area contributed by atoms with E-state index in [2.05, 4.69) is 26.9 Å². The van der Waals surface area contributed by atoms with E-state index in [1.807, 2.05) is 0 Å². The smallest absolute Gasteiger partial charge is 0.107 e. The maximum absolute atomic E-state index is 6.30. The molecule has 1 aromatic heterocycles. The van der Waals surface area contributed by atoms with Crippen molar-refractivity contribution in [1.29, 1.82) is 0 Å². The van der Waals surface area contributed by atoms with Gasteiger partial charge in [0.1, 0.15) is 4.34 Å². The molecule has 0 aliphatic carbocycles. The first-order valence-corrected chi connectivity index (χ1v) is 8.05. The van der Waals surface area contributed by atoms with Gasteiger partial charge in [0, 0.05) is 29.0 Å². The standard InChI is InChI=1S/C12H18BrClN2OS/c1-17-6-5-16-4-2-3-9(15)11(16)10-7-8(13)12(14)18-10/h7,9,11H,2-6,15H2,1H3. The molecule has 102 valence electrons. The van der Waals surface area contributed by atoms with Gasteiger partial charge < -0.3 is 10.5 Å². The minimum absolute atomic E-state index is 0.178. The van der Waals surface area contributed by atoms with E-state index in [0.717, 1.165) is 41.3 Å². The normalized spacial score (nSPS) is 25.6. The lowest BCUT2D eigenvalue weighted by molar-refractivity contribution is 0.0863. The predicted octanol–water partition coefficient (Wildman–Crippen LogP) is 3.27. The topological polar surface area (TPSA) is 38.5 Å². The second-order valence-corrected chi connectivity index (χ2v) is 7.09. The molecule has 0 radical (unpaired) electrons. The Morgan fingerprint density at radius 1 is 1.67 bits per heavy atom. The molecule has 1 aliphatic rings. The average molecular weight is 354 g/mol. The number of methoxy groups -OCH3 is 1. The zero-order valence-electron chi connectivity index (χ0n) is 10.4. The molecule has 0 aromatic carbocycles. The van der Waals surface area contributed by atoms with E-state index in [0.29, 0.717) is 0 Å². The Kier molecular flexibility index (Phi) is 5.47. The van der Waals surface area contributed by atoms with Crippen molar-refractivity contribution in [3.05, 3.63) is 19.8 Å². The van der Waals surface area contributed by atoms with E-state index in [1.165, 1.54) is 4.88 Å². The Morgan fingerprint density at radius 3 is 3.06 bits per heavy atom. The summed E-state index contributed by atoms with van der Waals surface area (Å²) in [5.41, 5.74) is 6.30. The van der Waals surface area contributed by atoms with Gasteiger partial charge in [0.2, 0.25) is 0 Å². The molecule has 2 atom stereocenters. The molecule has 6 heteroatoms. The zero-order valence-corrected chi connectivity index (χ0v) is 13.5. The molecule has 2 unspecified atom stereocenters. The van der Waals surface area contributed by atoms with Crippen LogP contribution in [0, 0.1) is 0 Å². The van der Waals surface area contributed by atoms with Crippen molar-refractivity contribution >= 4 is 38.9 Å². The van der Waals surface area contributed by atoms with Crippen molar-refractivity contribution in [3.63, 3.8) is 0 Å². The van der Waals surface area contributed by atoms with Crippen molar-refractivity contribution in [2.45, 2.75) is 24.9 Å². The SMILES string of the molecule is COCCN1CCCC(N)C1c1cc(Br)c(Cl)s1. The number of piperidine rings is 1. The van der Waals surface area contributed by atoms with Crippen molar-refractivity contribution in [1.82, 2.24) is 4.90 Å². The number of nitrogens with two attached hydrogens (primary N) is 1. The van der Waals surface area contributed by atoms with Gasteiger partial charge in [-0.05, 0) is 41.4 Å². The molecule has 1 aromatic rings. The Morgan fingerprint density at radius 2 is 2.44 bits per heavy atom. The summed E-state index contributed by atoms with van der Waals surface area (Å²) in [5, 5.41) is 0. The number of nitrogens with zero attached hydrogens (tertiary/aromatic N) is 1. The van der Waals surface area contributed by atoms with Crippen LogP contribution in [0.15, 0.2) is 10.5 Å². The number of halogens is 2. The Labute approximate surface area is 125 Å². The van der Waals surface area contributed by atoms with Crippen LogP contribution in [0.5, 0.6) is 0 Å². The minimum Gasteiger partial charge on any atom is -0.383 e. The molecule has 0 bridgehead atoms. The van der Waals surface area contributed by atoms with E-state index in [1.54, 1.807) is 18.4 Å². The van der Waals surface area contributed by atoms with Crippen molar-refractivity contribution in [2.75, 3.05) is 26.8 Å². The van der Waals surface area contributed by atoms with Crippen LogP contribution in [0.25, 0.3) is 0 Å². The van der Waals surface area contributed by atoms with Crippen molar-refractivity contribution in [2.24, 2.45) is 5.73 Å². The third-order valence-corrected chi connectivity index (χ3v) is 5.87. The van der Waals surface area contributed by atoms with Crippen LogP contribution < -0.4 is 5.73 Å². The van der Waals surface area contributed by atoms with Gasteiger partial charge in [-0.25, -0.2) is 0 Å².